The molecule has 1 amide bonds. The maximum atomic E-state index is 13.4. The number of pyridine rings is 1. The number of hydrogen-bond acceptors (Lipinski definition) is 5. The van der Waals surface area contributed by atoms with Gasteiger partial charge in [-0.15, -0.1) is 0 Å². The third kappa shape index (κ3) is 4.72. The van der Waals surface area contributed by atoms with Gasteiger partial charge in [-0.1, -0.05) is 29.8 Å². The molecule has 0 bridgehead atoms. The van der Waals surface area contributed by atoms with E-state index in [0.29, 0.717) is 23.6 Å². The molecule has 0 saturated heterocycles. The zero-order valence-electron chi connectivity index (χ0n) is 18.8. The summed E-state index contributed by atoms with van der Waals surface area (Å²) < 4.78 is 33.7. The van der Waals surface area contributed by atoms with Gasteiger partial charge in [-0.2, -0.15) is 0 Å². The van der Waals surface area contributed by atoms with Gasteiger partial charge in [-0.25, -0.2) is 8.42 Å². The first-order chi connectivity index (χ1) is 16.3. The van der Waals surface area contributed by atoms with Crippen molar-refractivity contribution in [3.63, 3.8) is 0 Å². The molecule has 0 unspecified atom stereocenters. The molecule has 0 aliphatic rings. The number of benzene rings is 3. The van der Waals surface area contributed by atoms with Crippen LogP contribution in [0.1, 0.15) is 12.5 Å². The highest BCUT2D eigenvalue weighted by Crippen LogP contribution is 2.24. The summed E-state index contributed by atoms with van der Waals surface area (Å²) in [7, 11) is -4.14. The van der Waals surface area contributed by atoms with Gasteiger partial charge in [0.15, 0.2) is 0 Å². The number of aromatic nitrogens is 1. The highest BCUT2D eigenvalue weighted by atomic mass is 32.2. The predicted octanol–water partition coefficient (Wildman–Crippen LogP) is 4.18. The highest BCUT2D eigenvalue weighted by molar-refractivity contribution is 7.91. The number of hydrogen-bond donors (Lipinski definition) is 1. The van der Waals surface area contributed by atoms with E-state index < -0.39 is 15.3 Å². The zero-order chi connectivity index (χ0) is 24.3. The molecule has 4 rings (SSSR count). The van der Waals surface area contributed by atoms with Gasteiger partial charge in [-0.05, 0) is 62.4 Å². The van der Waals surface area contributed by atoms with E-state index in [9.17, 15) is 18.0 Å². The fourth-order valence-electron chi connectivity index (χ4n) is 3.69. The molecule has 34 heavy (non-hydrogen) atoms. The summed E-state index contributed by atoms with van der Waals surface area (Å²) in [5.74, 6) is 0.187. The fraction of sp³-hybridized carbons (Fsp3) is 0.154. The third-order valence-corrected chi connectivity index (χ3v) is 7.07. The van der Waals surface area contributed by atoms with E-state index in [2.05, 4.69) is 5.32 Å². The second kappa shape index (κ2) is 9.52. The fourth-order valence-corrected chi connectivity index (χ4v) is 5.06. The van der Waals surface area contributed by atoms with Crippen LogP contribution in [0.15, 0.2) is 93.6 Å². The lowest BCUT2D eigenvalue weighted by molar-refractivity contribution is -0.116. The number of carbonyl (C=O) groups excluding carboxylic acids is 1. The quantitative estimate of drug-likeness (QED) is 0.432. The Balaban J connectivity index is 1.80. The zero-order valence-corrected chi connectivity index (χ0v) is 19.6. The second-order valence-electron chi connectivity index (χ2n) is 7.79. The van der Waals surface area contributed by atoms with E-state index in [1.165, 1.54) is 22.9 Å². The monoisotopic (exact) mass is 476 g/mol. The molecule has 1 heterocycles. The summed E-state index contributed by atoms with van der Waals surface area (Å²) in [6, 6.07) is 20.0. The largest absolute Gasteiger partial charge is 0.494 e. The van der Waals surface area contributed by atoms with Crippen LogP contribution in [0.3, 0.4) is 0 Å². The number of para-hydroxylation sites is 1. The van der Waals surface area contributed by atoms with E-state index >= 15 is 0 Å². The Bertz CT molecular complexity index is 1510. The topological polar surface area (TPSA) is 94.5 Å². The molecule has 1 aromatic heterocycles. The van der Waals surface area contributed by atoms with Gasteiger partial charge < -0.3 is 14.6 Å². The van der Waals surface area contributed by atoms with Crippen molar-refractivity contribution < 1.29 is 17.9 Å². The van der Waals surface area contributed by atoms with Crippen LogP contribution < -0.4 is 15.5 Å². The average molecular weight is 477 g/mol. The number of amides is 1. The number of rotatable bonds is 7. The predicted molar refractivity (Wildman–Crippen MR) is 131 cm³/mol. The van der Waals surface area contributed by atoms with E-state index in [1.807, 2.05) is 26.0 Å². The first-order valence-electron chi connectivity index (χ1n) is 10.8. The van der Waals surface area contributed by atoms with Crippen LogP contribution >= 0.6 is 0 Å². The third-order valence-electron chi connectivity index (χ3n) is 5.31. The van der Waals surface area contributed by atoms with Gasteiger partial charge in [-0.3, -0.25) is 9.59 Å². The van der Waals surface area contributed by atoms with Crippen molar-refractivity contribution in [2.24, 2.45) is 0 Å². The van der Waals surface area contributed by atoms with Crippen molar-refractivity contribution in [2.45, 2.75) is 30.2 Å². The molecule has 0 fully saturated rings. The Labute approximate surface area is 197 Å². The number of nitrogens with one attached hydrogen (secondary N) is 1. The van der Waals surface area contributed by atoms with E-state index in [4.69, 9.17) is 4.74 Å². The highest BCUT2D eigenvalue weighted by Gasteiger charge is 2.24. The molecule has 174 valence electrons. The van der Waals surface area contributed by atoms with E-state index in [-0.39, 0.29) is 27.6 Å². The number of anilines is 1. The molecule has 0 spiro atoms. The minimum absolute atomic E-state index is 0.0275. The first-order valence-corrected chi connectivity index (χ1v) is 12.2. The molecule has 0 saturated carbocycles. The Kier molecular flexibility index (Phi) is 6.51. The summed E-state index contributed by atoms with van der Waals surface area (Å²) >= 11 is 0. The van der Waals surface area contributed by atoms with Crippen molar-refractivity contribution >= 4 is 32.3 Å². The maximum Gasteiger partial charge on any atom is 0.244 e. The number of ether oxygens (including phenoxy) is 1. The molecule has 1 N–H and O–H groups in total. The van der Waals surface area contributed by atoms with Gasteiger partial charge in [0.1, 0.15) is 17.2 Å². The minimum Gasteiger partial charge on any atom is -0.494 e. The Morgan fingerprint density at radius 2 is 1.71 bits per heavy atom. The number of carbonyl (C=O) groups is 1. The van der Waals surface area contributed by atoms with Gasteiger partial charge in [0, 0.05) is 17.3 Å². The van der Waals surface area contributed by atoms with Crippen LogP contribution in [0.25, 0.3) is 10.9 Å². The van der Waals surface area contributed by atoms with E-state index in [0.717, 1.165) is 5.56 Å². The lowest BCUT2D eigenvalue weighted by Gasteiger charge is -2.15. The summed E-state index contributed by atoms with van der Waals surface area (Å²) in [5.41, 5.74) is 1.30. The molecule has 0 aliphatic carbocycles. The van der Waals surface area contributed by atoms with Gasteiger partial charge in [0.25, 0.3) is 0 Å². The molecule has 0 radical (unpaired) electrons. The molecule has 0 aliphatic heterocycles. The maximum absolute atomic E-state index is 13.4. The second-order valence-corrected chi connectivity index (χ2v) is 9.71. The Morgan fingerprint density at radius 1 is 1.00 bits per heavy atom. The van der Waals surface area contributed by atoms with Crippen molar-refractivity contribution in [1.82, 2.24) is 4.57 Å². The van der Waals surface area contributed by atoms with Gasteiger partial charge in [0.05, 0.1) is 17.0 Å². The summed E-state index contributed by atoms with van der Waals surface area (Å²) in [4.78, 5) is 25.6. The average Bonchev–Trinajstić information content (AvgIpc) is 2.82. The normalized spacial score (nSPS) is 11.4. The van der Waals surface area contributed by atoms with Crippen LogP contribution in [0.4, 0.5) is 5.69 Å². The summed E-state index contributed by atoms with van der Waals surface area (Å²) in [6.07, 6.45) is 1.25. The molecular formula is C26H24N2O5S. The smallest absolute Gasteiger partial charge is 0.244 e. The van der Waals surface area contributed by atoms with Crippen LogP contribution in [-0.4, -0.2) is 25.5 Å². The number of sulfone groups is 1. The van der Waals surface area contributed by atoms with Crippen LogP contribution in [0.5, 0.6) is 5.75 Å². The summed E-state index contributed by atoms with van der Waals surface area (Å²) in [6.45, 7) is 3.93. The molecule has 8 heteroatoms. The number of aryl methyl sites for hydroxylation is 1. The van der Waals surface area contributed by atoms with Crippen LogP contribution in [0, 0.1) is 6.92 Å². The Morgan fingerprint density at radius 3 is 2.38 bits per heavy atom. The molecular weight excluding hydrogens is 452 g/mol. The summed E-state index contributed by atoms with van der Waals surface area (Å²) in [5, 5.41) is 3.02. The van der Waals surface area contributed by atoms with Crippen molar-refractivity contribution in [3.8, 4) is 5.75 Å². The van der Waals surface area contributed by atoms with E-state index in [1.54, 1.807) is 48.5 Å². The lowest BCUT2D eigenvalue weighted by atomic mass is 10.1. The molecule has 0 atom stereocenters. The van der Waals surface area contributed by atoms with Gasteiger partial charge >= 0.3 is 0 Å². The number of nitrogens with zero attached hydrogens (tertiary/aromatic N) is 1. The van der Waals surface area contributed by atoms with Gasteiger partial charge in [0.2, 0.25) is 21.2 Å². The van der Waals surface area contributed by atoms with Crippen molar-refractivity contribution in [2.75, 3.05) is 11.9 Å². The van der Waals surface area contributed by atoms with Crippen LogP contribution in [0.2, 0.25) is 0 Å². The molecule has 4 aromatic rings. The standard InChI is InChI=1S/C26H24N2O5S/c1-3-33-20-10-12-21(13-11-20)34(31,32)24-16-28(17-25(29)27-19-7-5-4-6-8-19)23-14-9-18(2)15-22(23)26(24)30/h4-16H,3,17H2,1-2H3,(H,27,29). The van der Waals surface area contributed by atoms with Crippen molar-refractivity contribution in [1.29, 1.82) is 0 Å². The first kappa shape index (κ1) is 23.3. The number of fused-ring (bicyclic) bond motifs is 1. The molecule has 7 nitrogen and oxygen atoms in total. The SMILES string of the molecule is CCOc1ccc(S(=O)(=O)c2cn(CC(=O)Nc3ccccc3)c3ccc(C)cc3c2=O)cc1. The lowest BCUT2D eigenvalue weighted by Crippen LogP contribution is -2.24. The Hall–Kier alpha value is -3.91. The van der Waals surface area contributed by atoms with Crippen molar-refractivity contribution in [3.05, 3.63) is 94.8 Å². The molecule has 3 aromatic carbocycles. The van der Waals surface area contributed by atoms with Crippen LogP contribution in [-0.2, 0) is 21.2 Å². The minimum atomic E-state index is -4.14.